The predicted octanol–water partition coefficient (Wildman–Crippen LogP) is 4.02. The van der Waals surface area contributed by atoms with Crippen molar-refractivity contribution in [2.24, 2.45) is 5.73 Å². The number of nitrogens with two attached hydrogens (primary N) is 1. The van der Waals surface area contributed by atoms with E-state index in [-0.39, 0.29) is 17.9 Å². The summed E-state index contributed by atoms with van der Waals surface area (Å²) in [7, 11) is 1.48. The van der Waals surface area contributed by atoms with E-state index in [9.17, 15) is 14.9 Å². The van der Waals surface area contributed by atoms with Crippen molar-refractivity contribution in [3.8, 4) is 11.5 Å². The van der Waals surface area contributed by atoms with E-state index in [0.717, 1.165) is 5.56 Å². The molecule has 29 heavy (non-hydrogen) atoms. The third kappa shape index (κ3) is 4.81. The highest BCUT2D eigenvalue weighted by Gasteiger charge is 2.17. The van der Waals surface area contributed by atoms with Crippen molar-refractivity contribution in [1.82, 2.24) is 0 Å². The summed E-state index contributed by atoms with van der Waals surface area (Å²) in [4.78, 5) is 22.5. The summed E-state index contributed by atoms with van der Waals surface area (Å²) >= 11 is 0. The maximum Gasteiger partial charge on any atom is 0.271 e. The molecule has 148 valence electrons. The van der Waals surface area contributed by atoms with Crippen LogP contribution in [0.2, 0.25) is 0 Å². The van der Waals surface area contributed by atoms with Crippen LogP contribution < -0.4 is 20.5 Å². The number of hydrogen-bond acceptors (Lipinski definition) is 6. The molecule has 0 aliphatic heterocycles. The summed E-state index contributed by atoms with van der Waals surface area (Å²) < 4.78 is 11.2. The lowest BCUT2D eigenvalue weighted by molar-refractivity contribution is -0.384. The van der Waals surface area contributed by atoms with Gasteiger partial charge in [-0.05, 0) is 17.7 Å². The number of carbonyl (C=O) groups excluding carboxylic acids is 1. The lowest BCUT2D eigenvalue weighted by atomic mass is 10.1. The summed E-state index contributed by atoms with van der Waals surface area (Å²) in [5, 5.41) is 14.0. The zero-order chi connectivity index (χ0) is 20.8. The third-order valence-corrected chi connectivity index (χ3v) is 4.14. The van der Waals surface area contributed by atoms with Gasteiger partial charge in [-0.1, -0.05) is 36.4 Å². The molecule has 8 heteroatoms. The van der Waals surface area contributed by atoms with Gasteiger partial charge in [0.05, 0.1) is 23.3 Å². The molecule has 3 rings (SSSR count). The molecular formula is C21H19N3O5. The maximum absolute atomic E-state index is 12.0. The fraction of sp³-hybridized carbons (Fsp3) is 0.0952. The Bertz CT molecular complexity index is 1040. The minimum absolute atomic E-state index is 0.0783. The maximum atomic E-state index is 12.0. The van der Waals surface area contributed by atoms with E-state index in [4.69, 9.17) is 15.2 Å². The van der Waals surface area contributed by atoms with E-state index in [2.05, 4.69) is 5.32 Å². The van der Waals surface area contributed by atoms with Crippen molar-refractivity contribution in [3.05, 3.63) is 88.0 Å². The normalized spacial score (nSPS) is 10.2. The zero-order valence-corrected chi connectivity index (χ0v) is 15.6. The summed E-state index contributed by atoms with van der Waals surface area (Å²) in [6.07, 6.45) is 0. The Kier molecular flexibility index (Phi) is 5.94. The fourth-order valence-electron chi connectivity index (χ4n) is 2.73. The Hall–Kier alpha value is -4.07. The minimum Gasteiger partial charge on any atom is -0.493 e. The van der Waals surface area contributed by atoms with E-state index in [1.165, 1.54) is 25.3 Å². The van der Waals surface area contributed by atoms with Crippen LogP contribution in [0.15, 0.2) is 66.7 Å². The van der Waals surface area contributed by atoms with E-state index in [0.29, 0.717) is 22.9 Å². The van der Waals surface area contributed by atoms with Crippen LogP contribution in [-0.4, -0.2) is 17.9 Å². The first-order valence-corrected chi connectivity index (χ1v) is 8.68. The lowest BCUT2D eigenvalue weighted by Crippen LogP contribution is -2.14. The number of amides is 1. The Morgan fingerprint density at radius 3 is 2.48 bits per heavy atom. The van der Waals surface area contributed by atoms with Crippen LogP contribution in [-0.2, 0) is 6.61 Å². The van der Waals surface area contributed by atoms with Crippen molar-refractivity contribution in [3.63, 3.8) is 0 Å². The molecule has 0 unspecified atom stereocenters. The number of nitrogens with zero attached hydrogens (tertiary/aromatic N) is 1. The molecule has 0 bridgehead atoms. The van der Waals surface area contributed by atoms with Gasteiger partial charge in [0.25, 0.3) is 11.6 Å². The number of nitrogens with one attached hydrogen (secondary N) is 1. The monoisotopic (exact) mass is 393 g/mol. The number of methoxy groups -OCH3 is 1. The summed E-state index contributed by atoms with van der Waals surface area (Å²) in [6.45, 7) is 0.285. The van der Waals surface area contributed by atoms with Crippen molar-refractivity contribution >= 4 is 23.0 Å². The number of anilines is 2. The zero-order valence-electron chi connectivity index (χ0n) is 15.6. The molecule has 0 saturated heterocycles. The molecular weight excluding hydrogens is 374 g/mol. The second-order valence-corrected chi connectivity index (χ2v) is 6.12. The molecule has 8 nitrogen and oxygen atoms in total. The first-order chi connectivity index (χ1) is 14.0. The number of benzene rings is 3. The number of hydrogen-bond donors (Lipinski definition) is 2. The number of non-ortho nitro benzene ring substituents is 1. The van der Waals surface area contributed by atoms with Gasteiger partial charge < -0.3 is 20.5 Å². The van der Waals surface area contributed by atoms with Crippen LogP contribution in [0.5, 0.6) is 11.5 Å². The molecule has 3 N–H and O–H groups in total. The highest BCUT2D eigenvalue weighted by atomic mass is 16.6. The minimum atomic E-state index is -0.676. The number of primary amides is 1. The first kappa shape index (κ1) is 19.7. The van der Waals surface area contributed by atoms with Crippen molar-refractivity contribution in [2.45, 2.75) is 6.61 Å². The summed E-state index contributed by atoms with van der Waals surface area (Å²) in [5.74, 6) is 0.0683. The van der Waals surface area contributed by atoms with E-state index in [1.807, 2.05) is 30.3 Å². The van der Waals surface area contributed by atoms with Gasteiger partial charge >= 0.3 is 0 Å². The number of carbonyl (C=O) groups is 1. The highest BCUT2D eigenvalue weighted by Crippen LogP contribution is 2.35. The van der Waals surface area contributed by atoms with Crippen LogP contribution >= 0.6 is 0 Å². The molecule has 0 fully saturated rings. The second kappa shape index (κ2) is 8.75. The van der Waals surface area contributed by atoms with Gasteiger partial charge in [0.15, 0.2) is 11.5 Å². The Balaban J connectivity index is 1.92. The highest BCUT2D eigenvalue weighted by molar-refractivity contribution is 6.00. The quantitative estimate of drug-likeness (QED) is 0.441. The van der Waals surface area contributed by atoms with Crippen LogP contribution in [0.4, 0.5) is 17.1 Å². The van der Waals surface area contributed by atoms with Crippen molar-refractivity contribution in [1.29, 1.82) is 0 Å². The molecule has 0 spiro atoms. The number of nitro benzene ring substituents is 1. The largest absolute Gasteiger partial charge is 0.493 e. The van der Waals surface area contributed by atoms with E-state index < -0.39 is 10.8 Å². The summed E-state index contributed by atoms with van der Waals surface area (Å²) in [6, 6.07) is 18.5. The van der Waals surface area contributed by atoms with Crippen LogP contribution in [0.3, 0.4) is 0 Å². The second-order valence-electron chi connectivity index (χ2n) is 6.12. The predicted molar refractivity (Wildman–Crippen MR) is 109 cm³/mol. The number of rotatable bonds is 8. The average Bonchev–Trinajstić information content (AvgIpc) is 2.73. The average molecular weight is 393 g/mol. The smallest absolute Gasteiger partial charge is 0.271 e. The van der Waals surface area contributed by atoms with Gasteiger partial charge in [-0.2, -0.15) is 0 Å². The lowest BCUT2D eigenvalue weighted by Gasteiger charge is -2.16. The standard InChI is InChI=1S/C21H19N3O5/c1-28-19-12-18(23-15-8-5-9-16(10-15)24(26)27)17(21(22)25)11-20(19)29-13-14-6-3-2-4-7-14/h2-12,23H,13H2,1H3,(H2,22,25). The van der Waals surface area contributed by atoms with Gasteiger partial charge in [0.1, 0.15) is 6.61 Å². The molecule has 1 amide bonds. The Labute approximate surface area is 167 Å². The SMILES string of the molecule is COc1cc(Nc2cccc([N+](=O)[O-])c2)c(C(N)=O)cc1OCc1ccccc1. The molecule has 0 aromatic heterocycles. The molecule has 0 aliphatic carbocycles. The molecule has 3 aromatic carbocycles. The molecule has 3 aromatic rings. The number of nitro groups is 1. The van der Waals surface area contributed by atoms with E-state index >= 15 is 0 Å². The molecule has 0 aliphatic rings. The molecule has 0 saturated carbocycles. The molecule has 0 radical (unpaired) electrons. The Morgan fingerprint density at radius 1 is 1.07 bits per heavy atom. The van der Waals surface area contributed by atoms with Crippen molar-refractivity contribution in [2.75, 3.05) is 12.4 Å². The Morgan fingerprint density at radius 2 is 1.83 bits per heavy atom. The van der Waals surface area contributed by atoms with E-state index in [1.54, 1.807) is 18.2 Å². The molecule has 0 heterocycles. The van der Waals surface area contributed by atoms with Gasteiger partial charge in [0, 0.05) is 23.9 Å². The van der Waals surface area contributed by atoms with Crippen LogP contribution in [0.25, 0.3) is 0 Å². The van der Waals surface area contributed by atoms with Gasteiger partial charge in [-0.25, -0.2) is 0 Å². The first-order valence-electron chi connectivity index (χ1n) is 8.68. The van der Waals surface area contributed by atoms with Gasteiger partial charge in [-0.15, -0.1) is 0 Å². The topological polar surface area (TPSA) is 117 Å². The van der Waals surface area contributed by atoms with Gasteiger partial charge in [0.2, 0.25) is 0 Å². The third-order valence-electron chi connectivity index (χ3n) is 4.14. The van der Waals surface area contributed by atoms with Crippen LogP contribution in [0.1, 0.15) is 15.9 Å². The van der Waals surface area contributed by atoms with Gasteiger partial charge in [-0.3, -0.25) is 14.9 Å². The van der Waals surface area contributed by atoms with Crippen LogP contribution in [0, 0.1) is 10.1 Å². The molecule has 0 atom stereocenters. The number of ether oxygens (including phenoxy) is 2. The summed E-state index contributed by atoms with van der Waals surface area (Å²) in [5.41, 5.74) is 7.35. The fourth-order valence-corrected chi connectivity index (χ4v) is 2.73. The van der Waals surface area contributed by atoms with Crippen molar-refractivity contribution < 1.29 is 19.2 Å².